The van der Waals surface area contributed by atoms with Gasteiger partial charge in [-0.25, -0.2) is 8.42 Å². The number of esters is 1. The van der Waals surface area contributed by atoms with Crippen molar-refractivity contribution < 1.29 is 22.7 Å². The Bertz CT molecular complexity index is 1590. The molecular formula is C26H27N5O5S2. The summed E-state index contributed by atoms with van der Waals surface area (Å²) in [6.07, 6.45) is -0.0276. The zero-order chi connectivity index (χ0) is 27.9. The topological polar surface area (TPSA) is 146 Å². The van der Waals surface area contributed by atoms with Crippen LogP contribution < -0.4 is 4.80 Å². The van der Waals surface area contributed by atoms with E-state index in [2.05, 4.69) is 4.99 Å². The van der Waals surface area contributed by atoms with Crippen LogP contribution >= 0.6 is 11.3 Å². The molecule has 1 aromatic heterocycles. The summed E-state index contributed by atoms with van der Waals surface area (Å²) in [6.45, 7) is 5.64. The van der Waals surface area contributed by atoms with Gasteiger partial charge in [0.1, 0.15) is 6.54 Å². The molecule has 10 nitrogen and oxygen atoms in total. The van der Waals surface area contributed by atoms with Crippen molar-refractivity contribution >= 4 is 43.5 Å². The van der Waals surface area contributed by atoms with Crippen molar-refractivity contribution in [1.82, 2.24) is 8.87 Å². The number of benzene rings is 2. The second-order valence-corrected chi connectivity index (χ2v) is 11.3. The van der Waals surface area contributed by atoms with Crippen LogP contribution in [-0.4, -0.2) is 48.9 Å². The highest BCUT2D eigenvalue weighted by atomic mass is 32.2. The monoisotopic (exact) mass is 553 g/mol. The first-order chi connectivity index (χ1) is 18.1. The Labute approximate surface area is 225 Å². The third-order valence-corrected chi connectivity index (χ3v) is 8.73. The fourth-order valence-electron chi connectivity index (χ4n) is 3.86. The van der Waals surface area contributed by atoms with Gasteiger partial charge in [0.15, 0.2) is 4.80 Å². The lowest BCUT2D eigenvalue weighted by Crippen LogP contribution is -2.32. The van der Waals surface area contributed by atoms with E-state index in [4.69, 9.17) is 15.3 Å². The number of amides is 1. The van der Waals surface area contributed by atoms with Crippen molar-refractivity contribution in [1.29, 1.82) is 10.5 Å². The molecule has 3 aromatic rings. The number of hydrogen-bond donors (Lipinski definition) is 0. The van der Waals surface area contributed by atoms with Crippen LogP contribution in [0.1, 0.15) is 41.3 Å². The number of sulfonamides is 1. The van der Waals surface area contributed by atoms with Gasteiger partial charge in [0, 0.05) is 31.5 Å². The van der Waals surface area contributed by atoms with Crippen LogP contribution in [0.5, 0.6) is 0 Å². The molecule has 1 heterocycles. The molecule has 0 aliphatic heterocycles. The normalized spacial score (nSPS) is 11.9. The first-order valence-corrected chi connectivity index (χ1v) is 14.1. The molecule has 12 heteroatoms. The Kier molecular flexibility index (Phi) is 9.53. The summed E-state index contributed by atoms with van der Waals surface area (Å²) in [7, 11) is -3.96. The highest BCUT2D eigenvalue weighted by Crippen LogP contribution is 2.24. The zero-order valence-corrected chi connectivity index (χ0v) is 22.9. The number of carbonyl (C=O) groups is 2. The summed E-state index contributed by atoms with van der Waals surface area (Å²) in [5, 5.41) is 17.7. The maximum Gasteiger partial charge on any atom is 0.326 e. The van der Waals surface area contributed by atoms with Crippen LogP contribution in [0, 0.1) is 36.5 Å². The minimum atomic E-state index is -3.96. The first-order valence-electron chi connectivity index (χ1n) is 11.8. The molecule has 0 saturated carbocycles. The highest BCUT2D eigenvalue weighted by molar-refractivity contribution is 7.89. The number of hydrogen-bond acceptors (Lipinski definition) is 8. The third-order valence-electron chi connectivity index (χ3n) is 5.59. The molecule has 0 spiro atoms. The third kappa shape index (κ3) is 6.53. The van der Waals surface area contributed by atoms with Crippen LogP contribution in [0.15, 0.2) is 46.3 Å². The molecule has 0 aliphatic rings. The Morgan fingerprint density at radius 3 is 2.29 bits per heavy atom. The molecule has 0 saturated heterocycles. The van der Waals surface area contributed by atoms with E-state index in [0.29, 0.717) is 4.80 Å². The number of thiazole rings is 1. The van der Waals surface area contributed by atoms with E-state index in [-0.39, 0.29) is 49.5 Å². The SMILES string of the molecule is CCOC(=O)Cn1c(=NC(=O)c2ccc(S(=O)(=O)N(CCC#N)CCC#N)cc2)sc2c(C)cc(C)cc21. The van der Waals surface area contributed by atoms with Crippen LogP contribution in [0.3, 0.4) is 0 Å². The smallest absolute Gasteiger partial charge is 0.326 e. The molecule has 3 rings (SSSR count). The number of ether oxygens (including phenoxy) is 1. The summed E-state index contributed by atoms with van der Waals surface area (Å²) in [5.74, 6) is -1.05. The highest BCUT2D eigenvalue weighted by Gasteiger charge is 2.24. The second kappa shape index (κ2) is 12.6. The quantitative estimate of drug-likeness (QED) is 0.350. The van der Waals surface area contributed by atoms with Crippen molar-refractivity contribution in [2.45, 2.75) is 45.1 Å². The van der Waals surface area contributed by atoms with Crippen LogP contribution in [0.2, 0.25) is 0 Å². The number of fused-ring (bicyclic) bond motifs is 1. The lowest BCUT2D eigenvalue weighted by molar-refractivity contribution is -0.143. The zero-order valence-electron chi connectivity index (χ0n) is 21.3. The van der Waals surface area contributed by atoms with Gasteiger partial charge < -0.3 is 9.30 Å². The van der Waals surface area contributed by atoms with E-state index < -0.39 is 21.9 Å². The van der Waals surface area contributed by atoms with Gasteiger partial charge in [0.05, 0.1) is 33.9 Å². The number of aryl methyl sites for hydroxylation is 2. The summed E-state index contributed by atoms with van der Waals surface area (Å²) < 4.78 is 34.8. The number of aromatic nitrogens is 1. The minimum absolute atomic E-state index is 0.0138. The largest absolute Gasteiger partial charge is 0.465 e. The molecule has 0 fully saturated rings. The van der Waals surface area contributed by atoms with Gasteiger partial charge in [-0.05, 0) is 62.2 Å². The summed E-state index contributed by atoms with van der Waals surface area (Å²) in [5.41, 5.74) is 2.92. The van der Waals surface area contributed by atoms with Crippen molar-refractivity contribution in [2.24, 2.45) is 4.99 Å². The van der Waals surface area contributed by atoms with Gasteiger partial charge in [0.2, 0.25) is 10.0 Å². The molecule has 38 heavy (non-hydrogen) atoms. The molecule has 0 N–H and O–H groups in total. The fraction of sp³-hybridized carbons (Fsp3) is 0.346. The summed E-state index contributed by atoms with van der Waals surface area (Å²) in [4.78, 5) is 29.9. The average Bonchev–Trinajstić information content (AvgIpc) is 3.21. The van der Waals surface area contributed by atoms with Crippen LogP contribution in [0.4, 0.5) is 0 Å². The summed E-state index contributed by atoms with van der Waals surface area (Å²) >= 11 is 1.28. The van der Waals surface area contributed by atoms with Gasteiger partial charge in [-0.3, -0.25) is 9.59 Å². The van der Waals surface area contributed by atoms with Crippen molar-refractivity contribution in [2.75, 3.05) is 19.7 Å². The first kappa shape index (κ1) is 28.7. The molecule has 0 unspecified atom stereocenters. The van der Waals surface area contributed by atoms with E-state index in [1.807, 2.05) is 38.1 Å². The molecule has 0 radical (unpaired) electrons. The minimum Gasteiger partial charge on any atom is -0.465 e. The molecule has 198 valence electrons. The Morgan fingerprint density at radius 1 is 1.08 bits per heavy atom. The van der Waals surface area contributed by atoms with Gasteiger partial charge in [-0.2, -0.15) is 19.8 Å². The number of carbonyl (C=O) groups excluding carboxylic acids is 2. The fourth-order valence-corrected chi connectivity index (χ4v) is 6.38. The Hall–Kier alpha value is -3.84. The predicted octanol–water partition coefficient (Wildman–Crippen LogP) is 3.44. The summed E-state index contributed by atoms with van der Waals surface area (Å²) in [6, 6.07) is 13.1. The van der Waals surface area contributed by atoms with Crippen molar-refractivity contribution in [3.05, 3.63) is 57.9 Å². The van der Waals surface area contributed by atoms with Crippen LogP contribution in [0.25, 0.3) is 10.2 Å². The lowest BCUT2D eigenvalue weighted by atomic mass is 10.1. The van der Waals surface area contributed by atoms with E-state index in [0.717, 1.165) is 25.6 Å². The van der Waals surface area contributed by atoms with Gasteiger partial charge in [-0.1, -0.05) is 17.4 Å². The maximum absolute atomic E-state index is 13.1. The Balaban J connectivity index is 1.99. The average molecular weight is 554 g/mol. The van der Waals surface area contributed by atoms with E-state index in [9.17, 15) is 18.0 Å². The van der Waals surface area contributed by atoms with Gasteiger partial charge >= 0.3 is 5.97 Å². The standard InChI is InChI=1S/C26H27N5O5S2/c1-4-36-23(32)17-31-22-16-18(2)15-19(3)24(22)37-26(31)29-25(33)20-7-9-21(10-8-20)38(34,35)30(13-5-11-27)14-6-12-28/h7-10,15-16H,4-6,13-14,17H2,1-3H3. The van der Waals surface area contributed by atoms with Crippen molar-refractivity contribution in [3.8, 4) is 12.1 Å². The van der Waals surface area contributed by atoms with Gasteiger partial charge in [0.25, 0.3) is 5.91 Å². The molecule has 2 aromatic carbocycles. The van der Waals surface area contributed by atoms with E-state index >= 15 is 0 Å². The number of nitriles is 2. The van der Waals surface area contributed by atoms with Crippen molar-refractivity contribution in [3.63, 3.8) is 0 Å². The number of nitrogens with zero attached hydrogens (tertiary/aromatic N) is 5. The maximum atomic E-state index is 13.1. The van der Waals surface area contributed by atoms with E-state index in [1.165, 1.54) is 35.6 Å². The van der Waals surface area contributed by atoms with Gasteiger partial charge in [-0.15, -0.1) is 0 Å². The molecule has 0 aliphatic carbocycles. The molecular weight excluding hydrogens is 526 g/mol. The predicted molar refractivity (Wildman–Crippen MR) is 141 cm³/mol. The van der Waals surface area contributed by atoms with E-state index in [1.54, 1.807) is 11.5 Å². The number of rotatable bonds is 10. The molecule has 1 amide bonds. The molecule has 0 bridgehead atoms. The Morgan fingerprint density at radius 2 is 1.71 bits per heavy atom. The van der Waals surface area contributed by atoms with Crippen LogP contribution in [-0.2, 0) is 26.1 Å². The molecule has 0 atom stereocenters. The lowest BCUT2D eigenvalue weighted by Gasteiger charge is -2.20. The second-order valence-electron chi connectivity index (χ2n) is 8.37.